The summed E-state index contributed by atoms with van der Waals surface area (Å²) in [5.41, 5.74) is -0.805. The van der Waals surface area contributed by atoms with Gasteiger partial charge in [0.25, 0.3) is 0 Å². The summed E-state index contributed by atoms with van der Waals surface area (Å²) in [6.45, 7) is 0.686. The molecule has 0 aliphatic carbocycles. The standard InChI is InChI=1S/C12H16INO4S/c13-10-1-3-11(4-2-10)19(16,17)14-12(9-15)5-7-18-8-6-12/h1-4,14-15H,5-9H2. The Labute approximate surface area is 126 Å². The zero-order valence-electron chi connectivity index (χ0n) is 10.3. The van der Waals surface area contributed by atoms with E-state index in [9.17, 15) is 13.5 Å². The van der Waals surface area contributed by atoms with Crippen molar-refractivity contribution in [3.8, 4) is 0 Å². The normalized spacial score (nSPS) is 19.3. The first-order valence-electron chi connectivity index (χ1n) is 5.96. The lowest BCUT2D eigenvalue weighted by Crippen LogP contribution is -2.54. The molecule has 1 aromatic carbocycles. The van der Waals surface area contributed by atoms with Crippen LogP contribution in [0.3, 0.4) is 0 Å². The molecule has 1 heterocycles. The van der Waals surface area contributed by atoms with Gasteiger partial charge in [-0.05, 0) is 59.7 Å². The minimum absolute atomic E-state index is 0.215. The number of hydrogen-bond acceptors (Lipinski definition) is 4. The van der Waals surface area contributed by atoms with Crippen molar-refractivity contribution in [3.05, 3.63) is 27.8 Å². The van der Waals surface area contributed by atoms with Crippen molar-refractivity contribution in [2.24, 2.45) is 0 Å². The molecule has 2 N–H and O–H groups in total. The summed E-state index contributed by atoms with van der Waals surface area (Å²) in [5, 5.41) is 9.51. The van der Waals surface area contributed by atoms with Crippen molar-refractivity contribution in [1.29, 1.82) is 0 Å². The molecule has 0 unspecified atom stereocenters. The molecule has 0 spiro atoms. The molecule has 1 aliphatic heterocycles. The number of aliphatic hydroxyl groups excluding tert-OH is 1. The maximum Gasteiger partial charge on any atom is 0.241 e. The second-order valence-corrected chi connectivity index (χ2v) is 7.54. The second kappa shape index (κ2) is 6.04. The third-order valence-corrected chi connectivity index (χ3v) is 5.54. The molecule has 1 aliphatic rings. The van der Waals surface area contributed by atoms with Crippen molar-refractivity contribution in [2.45, 2.75) is 23.3 Å². The lowest BCUT2D eigenvalue weighted by molar-refractivity contribution is 0.0223. The Bertz CT molecular complexity index is 523. The highest BCUT2D eigenvalue weighted by Crippen LogP contribution is 2.23. The summed E-state index contributed by atoms with van der Waals surface area (Å²) in [6, 6.07) is 6.61. The molecular weight excluding hydrogens is 381 g/mol. The molecule has 2 rings (SSSR count). The molecular formula is C12H16INO4S. The Kier molecular flexibility index (Phi) is 4.83. The van der Waals surface area contributed by atoms with Crippen LogP contribution in [-0.4, -0.2) is 38.9 Å². The first kappa shape index (κ1) is 15.2. The summed E-state index contributed by atoms with van der Waals surface area (Å²) in [6.07, 6.45) is 0.959. The average Bonchev–Trinajstić information content (AvgIpc) is 2.40. The van der Waals surface area contributed by atoms with Gasteiger partial charge in [0.1, 0.15) is 0 Å². The van der Waals surface area contributed by atoms with Gasteiger partial charge in [-0.3, -0.25) is 0 Å². The smallest absolute Gasteiger partial charge is 0.241 e. The highest BCUT2D eigenvalue weighted by atomic mass is 127. The van der Waals surface area contributed by atoms with Crippen LogP contribution in [0.2, 0.25) is 0 Å². The van der Waals surface area contributed by atoms with Crippen LogP contribution in [0.4, 0.5) is 0 Å². The van der Waals surface area contributed by atoms with E-state index >= 15 is 0 Å². The molecule has 0 amide bonds. The van der Waals surface area contributed by atoms with E-state index < -0.39 is 15.6 Å². The molecule has 1 fully saturated rings. The fraction of sp³-hybridized carbons (Fsp3) is 0.500. The number of nitrogens with one attached hydrogen (secondary N) is 1. The predicted octanol–water partition coefficient (Wildman–Crippen LogP) is 1.11. The van der Waals surface area contributed by atoms with Gasteiger partial charge in [0.15, 0.2) is 0 Å². The molecule has 0 aromatic heterocycles. The zero-order valence-corrected chi connectivity index (χ0v) is 13.3. The Morgan fingerprint density at radius 1 is 1.26 bits per heavy atom. The van der Waals surface area contributed by atoms with Crippen molar-refractivity contribution < 1.29 is 18.3 Å². The van der Waals surface area contributed by atoms with Gasteiger partial charge in [-0.1, -0.05) is 0 Å². The summed E-state index contributed by atoms with van der Waals surface area (Å²) in [5.74, 6) is 0. The molecule has 7 heteroatoms. The lowest BCUT2D eigenvalue weighted by atomic mass is 9.93. The van der Waals surface area contributed by atoms with Crippen LogP contribution in [0.25, 0.3) is 0 Å². The van der Waals surface area contributed by atoms with E-state index in [1.54, 1.807) is 24.3 Å². The van der Waals surface area contributed by atoms with Gasteiger partial charge in [-0.2, -0.15) is 0 Å². The second-order valence-electron chi connectivity index (χ2n) is 4.61. The molecule has 0 atom stereocenters. The molecule has 106 valence electrons. The molecule has 0 radical (unpaired) electrons. The number of benzene rings is 1. The topological polar surface area (TPSA) is 75.6 Å². The van der Waals surface area contributed by atoms with E-state index in [-0.39, 0.29) is 11.5 Å². The van der Waals surface area contributed by atoms with Crippen LogP contribution < -0.4 is 4.72 Å². The Morgan fingerprint density at radius 3 is 2.37 bits per heavy atom. The van der Waals surface area contributed by atoms with E-state index in [0.717, 1.165) is 3.57 Å². The fourth-order valence-corrected chi connectivity index (χ4v) is 3.82. The van der Waals surface area contributed by atoms with Crippen LogP contribution in [0.5, 0.6) is 0 Å². The minimum atomic E-state index is -3.62. The van der Waals surface area contributed by atoms with Crippen LogP contribution >= 0.6 is 22.6 Å². The van der Waals surface area contributed by atoms with Crippen molar-refractivity contribution >= 4 is 32.6 Å². The van der Waals surface area contributed by atoms with Gasteiger partial charge in [0.2, 0.25) is 10.0 Å². The number of halogens is 1. The summed E-state index contributed by atoms with van der Waals surface area (Å²) in [4.78, 5) is 0.215. The van der Waals surface area contributed by atoms with Crippen LogP contribution in [0.1, 0.15) is 12.8 Å². The van der Waals surface area contributed by atoms with Gasteiger partial charge < -0.3 is 9.84 Å². The molecule has 5 nitrogen and oxygen atoms in total. The van der Waals surface area contributed by atoms with Crippen LogP contribution in [-0.2, 0) is 14.8 Å². The third-order valence-electron chi connectivity index (χ3n) is 3.23. The number of sulfonamides is 1. The van der Waals surface area contributed by atoms with E-state index in [4.69, 9.17) is 4.74 Å². The van der Waals surface area contributed by atoms with E-state index in [2.05, 4.69) is 27.3 Å². The average molecular weight is 397 g/mol. The highest BCUT2D eigenvalue weighted by molar-refractivity contribution is 14.1. The predicted molar refractivity (Wildman–Crippen MR) is 79.4 cm³/mol. The maximum absolute atomic E-state index is 12.3. The molecule has 1 saturated heterocycles. The molecule has 19 heavy (non-hydrogen) atoms. The fourth-order valence-electron chi connectivity index (χ4n) is 2.01. The van der Waals surface area contributed by atoms with Gasteiger partial charge in [-0.15, -0.1) is 0 Å². The van der Waals surface area contributed by atoms with Gasteiger partial charge in [0.05, 0.1) is 17.0 Å². The molecule has 1 aromatic rings. The van der Waals surface area contributed by atoms with Crippen molar-refractivity contribution in [1.82, 2.24) is 4.72 Å². The summed E-state index contributed by atoms with van der Waals surface area (Å²) >= 11 is 2.12. The SMILES string of the molecule is O=S(=O)(NC1(CO)CCOCC1)c1ccc(I)cc1. The first-order valence-corrected chi connectivity index (χ1v) is 8.52. The van der Waals surface area contributed by atoms with Crippen LogP contribution in [0.15, 0.2) is 29.2 Å². The van der Waals surface area contributed by atoms with Gasteiger partial charge >= 0.3 is 0 Å². The monoisotopic (exact) mass is 397 g/mol. The zero-order chi connectivity index (χ0) is 13.9. The largest absolute Gasteiger partial charge is 0.394 e. The molecule has 0 saturated carbocycles. The third kappa shape index (κ3) is 3.66. The van der Waals surface area contributed by atoms with Crippen molar-refractivity contribution in [3.63, 3.8) is 0 Å². The molecule has 0 bridgehead atoms. The maximum atomic E-state index is 12.3. The minimum Gasteiger partial charge on any atom is -0.394 e. The van der Waals surface area contributed by atoms with Crippen LogP contribution in [0, 0.1) is 3.57 Å². The van der Waals surface area contributed by atoms with E-state index in [1.807, 2.05) is 0 Å². The Hall–Kier alpha value is -0.220. The van der Waals surface area contributed by atoms with E-state index in [1.165, 1.54) is 0 Å². The first-order chi connectivity index (χ1) is 8.97. The van der Waals surface area contributed by atoms with Gasteiger partial charge in [-0.25, -0.2) is 13.1 Å². The Morgan fingerprint density at radius 2 is 1.84 bits per heavy atom. The summed E-state index contributed by atoms with van der Waals surface area (Å²) in [7, 11) is -3.62. The number of ether oxygens (including phenoxy) is 1. The number of aliphatic hydroxyl groups is 1. The van der Waals surface area contributed by atoms with Crippen molar-refractivity contribution in [2.75, 3.05) is 19.8 Å². The number of hydrogen-bond donors (Lipinski definition) is 2. The number of rotatable bonds is 4. The quantitative estimate of drug-likeness (QED) is 0.747. The highest BCUT2D eigenvalue weighted by Gasteiger charge is 2.36. The Balaban J connectivity index is 2.22. The van der Waals surface area contributed by atoms with Gasteiger partial charge in [0, 0.05) is 16.8 Å². The van der Waals surface area contributed by atoms with E-state index in [0.29, 0.717) is 26.1 Å². The lowest BCUT2D eigenvalue weighted by Gasteiger charge is -2.35. The summed E-state index contributed by atoms with van der Waals surface area (Å²) < 4.78 is 33.4.